The first kappa shape index (κ1) is 15.8. The fourth-order valence-electron chi connectivity index (χ4n) is 2.91. The summed E-state index contributed by atoms with van der Waals surface area (Å²) in [5, 5.41) is 6.56. The molecule has 0 bridgehead atoms. The lowest BCUT2D eigenvalue weighted by atomic mass is 9.99. The predicted octanol–water partition coefficient (Wildman–Crippen LogP) is 3.71. The van der Waals surface area contributed by atoms with Crippen molar-refractivity contribution >= 4 is 17.3 Å². The number of hydrogen-bond acceptors (Lipinski definition) is 3. The quantitative estimate of drug-likeness (QED) is 0.888. The molecule has 116 valence electrons. The van der Waals surface area contributed by atoms with E-state index in [1.807, 2.05) is 26.0 Å². The normalized spacial score (nSPS) is 25.4. The highest BCUT2D eigenvalue weighted by atomic mass is 16.5. The van der Waals surface area contributed by atoms with Crippen LogP contribution < -0.4 is 10.6 Å². The van der Waals surface area contributed by atoms with E-state index in [-0.39, 0.29) is 18.1 Å². The Morgan fingerprint density at radius 2 is 1.86 bits per heavy atom. The fourth-order valence-corrected chi connectivity index (χ4v) is 2.91. The second-order valence-electron chi connectivity index (χ2n) is 5.95. The van der Waals surface area contributed by atoms with Crippen molar-refractivity contribution in [3.05, 3.63) is 23.8 Å². The molecule has 1 aromatic carbocycles. The Bertz CT molecular complexity index is 492. The van der Waals surface area contributed by atoms with Crippen LogP contribution in [0, 0.1) is 6.92 Å². The van der Waals surface area contributed by atoms with Gasteiger partial charge in [-0.2, -0.15) is 0 Å². The maximum atomic E-state index is 11.6. The molecule has 0 saturated carbocycles. The number of carbonyl (C=O) groups excluding carboxylic acids is 1. The zero-order valence-electron chi connectivity index (χ0n) is 13.4. The van der Waals surface area contributed by atoms with E-state index in [1.54, 1.807) is 0 Å². The zero-order valence-corrected chi connectivity index (χ0v) is 13.4. The first-order chi connectivity index (χ1) is 9.99. The number of carbonyl (C=O) groups is 1. The fraction of sp³-hybridized carbons (Fsp3) is 0.588. The smallest absolute Gasteiger partial charge is 0.224 e. The Kier molecular flexibility index (Phi) is 5.23. The van der Waals surface area contributed by atoms with Crippen LogP contribution in [0.3, 0.4) is 0 Å². The number of ether oxygens (including phenoxy) is 1. The maximum absolute atomic E-state index is 11.6. The summed E-state index contributed by atoms with van der Waals surface area (Å²) in [5.41, 5.74) is 3.07. The van der Waals surface area contributed by atoms with Crippen LogP contribution in [0.2, 0.25) is 0 Å². The van der Waals surface area contributed by atoms with Crippen LogP contribution in [0.15, 0.2) is 18.2 Å². The van der Waals surface area contributed by atoms with Gasteiger partial charge in [0.05, 0.1) is 12.2 Å². The van der Waals surface area contributed by atoms with Gasteiger partial charge in [-0.1, -0.05) is 13.0 Å². The summed E-state index contributed by atoms with van der Waals surface area (Å²) >= 11 is 0. The maximum Gasteiger partial charge on any atom is 0.224 e. The van der Waals surface area contributed by atoms with Gasteiger partial charge in [0.15, 0.2) is 0 Å². The van der Waals surface area contributed by atoms with E-state index < -0.39 is 0 Å². The molecule has 2 atom stereocenters. The summed E-state index contributed by atoms with van der Waals surface area (Å²) in [6.07, 6.45) is 3.08. The number of anilines is 2. The molecule has 1 amide bonds. The van der Waals surface area contributed by atoms with Gasteiger partial charge in [0.2, 0.25) is 5.91 Å². The molecule has 1 aromatic rings. The summed E-state index contributed by atoms with van der Waals surface area (Å²) in [6, 6.07) is 6.41. The van der Waals surface area contributed by atoms with Crippen LogP contribution in [0.4, 0.5) is 11.4 Å². The molecule has 0 aliphatic carbocycles. The van der Waals surface area contributed by atoms with Crippen LogP contribution in [0.25, 0.3) is 0 Å². The van der Waals surface area contributed by atoms with E-state index in [0.717, 1.165) is 29.8 Å². The van der Waals surface area contributed by atoms with Crippen LogP contribution in [-0.4, -0.2) is 24.2 Å². The van der Waals surface area contributed by atoms with Crippen molar-refractivity contribution in [1.82, 2.24) is 0 Å². The third-order valence-corrected chi connectivity index (χ3v) is 3.99. The third kappa shape index (κ3) is 4.21. The van der Waals surface area contributed by atoms with Gasteiger partial charge >= 0.3 is 0 Å². The lowest BCUT2D eigenvalue weighted by molar-refractivity contribution is -0.115. The van der Waals surface area contributed by atoms with Crippen molar-refractivity contribution in [2.24, 2.45) is 0 Å². The van der Waals surface area contributed by atoms with E-state index >= 15 is 0 Å². The molecular weight excluding hydrogens is 264 g/mol. The Morgan fingerprint density at radius 3 is 2.48 bits per heavy atom. The van der Waals surface area contributed by atoms with Crippen molar-refractivity contribution in [2.45, 2.75) is 65.2 Å². The molecular formula is C17H26N2O2. The molecule has 21 heavy (non-hydrogen) atoms. The second kappa shape index (κ2) is 6.94. The standard InChI is InChI=1S/C17H26N2O2/c1-5-17(20)19-16-8-6-7-15(13(16)4)18-14-9-11(2)21-12(3)10-14/h6-8,11-12,14,18H,5,9-10H2,1-4H3,(H,19,20). The van der Waals surface area contributed by atoms with Crippen LogP contribution in [-0.2, 0) is 9.53 Å². The van der Waals surface area contributed by atoms with Crippen molar-refractivity contribution in [3.8, 4) is 0 Å². The first-order valence-corrected chi connectivity index (χ1v) is 7.81. The number of amides is 1. The molecule has 2 N–H and O–H groups in total. The average Bonchev–Trinajstić information content (AvgIpc) is 2.42. The van der Waals surface area contributed by atoms with E-state index in [0.29, 0.717) is 12.5 Å². The minimum atomic E-state index is 0.0450. The first-order valence-electron chi connectivity index (χ1n) is 7.81. The highest BCUT2D eigenvalue weighted by molar-refractivity contribution is 5.92. The summed E-state index contributed by atoms with van der Waals surface area (Å²) < 4.78 is 5.78. The highest BCUT2D eigenvalue weighted by Crippen LogP contribution is 2.27. The predicted molar refractivity (Wildman–Crippen MR) is 86.8 cm³/mol. The number of hydrogen-bond donors (Lipinski definition) is 2. The molecule has 1 aliphatic rings. The largest absolute Gasteiger partial charge is 0.382 e. The molecule has 0 radical (unpaired) electrons. The summed E-state index contributed by atoms with van der Waals surface area (Å²) in [4.78, 5) is 11.6. The Balaban J connectivity index is 2.09. The molecule has 1 aliphatic heterocycles. The van der Waals surface area contributed by atoms with Crippen LogP contribution in [0.5, 0.6) is 0 Å². The van der Waals surface area contributed by atoms with Gasteiger partial charge in [0.25, 0.3) is 0 Å². The van der Waals surface area contributed by atoms with E-state index in [2.05, 4.69) is 30.5 Å². The van der Waals surface area contributed by atoms with E-state index in [1.165, 1.54) is 0 Å². The van der Waals surface area contributed by atoms with Crippen LogP contribution >= 0.6 is 0 Å². The molecule has 4 heteroatoms. The SMILES string of the molecule is CCC(=O)Nc1cccc(NC2CC(C)OC(C)C2)c1C. The molecule has 2 unspecified atom stereocenters. The van der Waals surface area contributed by atoms with Gasteiger partial charge in [0.1, 0.15) is 0 Å². The Morgan fingerprint density at radius 1 is 1.24 bits per heavy atom. The molecule has 0 aromatic heterocycles. The number of nitrogens with one attached hydrogen (secondary N) is 2. The Labute approximate surface area is 127 Å². The average molecular weight is 290 g/mol. The molecule has 1 saturated heterocycles. The van der Waals surface area contributed by atoms with Gasteiger partial charge in [0, 0.05) is 23.8 Å². The molecule has 4 nitrogen and oxygen atoms in total. The summed E-state index contributed by atoms with van der Waals surface area (Å²) in [7, 11) is 0. The van der Waals surface area contributed by atoms with Gasteiger partial charge in [-0.15, -0.1) is 0 Å². The van der Waals surface area contributed by atoms with Gasteiger partial charge in [-0.05, 0) is 51.3 Å². The molecule has 1 heterocycles. The highest BCUT2D eigenvalue weighted by Gasteiger charge is 2.24. The Hall–Kier alpha value is -1.55. The number of rotatable bonds is 4. The van der Waals surface area contributed by atoms with Crippen molar-refractivity contribution in [3.63, 3.8) is 0 Å². The summed E-state index contributed by atoms with van der Waals surface area (Å²) in [6.45, 7) is 8.14. The molecule has 1 fully saturated rings. The zero-order chi connectivity index (χ0) is 15.4. The van der Waals surface area contributed by atoms with Gasteiger partial charge in [-0.25, -0.2) is 0 Å². The third-order valence-electron chi connectivity index (χ3n) is 3.99. The lowest BCUT2D eigenvalue weighted by Crippen LogP contribution is -2.37. The van der Waals surface area contributed by atoms with E-state index in [4.69, 9.17) is 4.74 Å². The number of benzene rings is 1. The molecule has 0 spiro atoms. The van der Waals surface area contributed by atoms with Crippen LogP contribution in [0.1, 0.15) is 45.6 Å². The monoisotopic (exact) mass is 290 g/mol. The summed E-state index contributed by atoms with van der Waals surface area (Å²) in [5.74, 6) is 0.0450. The lowest BCUT2D eigenvalue weighted by Gasteiger charge is -2.33. The van der Waals surface area contributed by atoms with Gasteiger partial charge in [-0.3, -0.25) is 4.79 Å². The van der Waals surface area contributed by atoms with E-state index in [9.17, 15) is 4.79 Å². The van der Waals surface area contributed by atoms with Crippen molar-refractivity contribution in [2.75, 3.05) is 10.6 Å². The van der Waals surface area contributed by atoms with Crippen molar-refractivity contribution < 1.29 is 9.53 Å². The minimum Gasteiger partial charge on any atom is -0.382 e. The topological polar surface area (TPSA) is 50.4 Å². The molecule has 2 rings (SSSR count). The minimum absolute atomic E-state index is 0.0450. The van der Waals surface area contributed by atoms with Crippen molar-refractivity contribution in [1.29, 1.82) is 0 Å². The van der Waals surface area contributed by atoms with Gasteiger partial charge < -0.3 is 15.4 Å². The second-order valence-corrected chi connectivity index (χ2v) is 5.95.